The van der Waals surface area contributed by atoms with Gasteiger partial charge in [-0.3, -0.25) is 4.79 Å². The lowest BCUT2D eigenvalue weighted by Crippen LogP contribution is -2.50. The molecule has 1 aliphatic heterocycles. The molecule has 122 valence electrons. The maximum atomic E-state index is 11.8. The van der Waals surface area contributed by atoms with Crippen molar-refractivity contribution in [2.24, 2.45) is 23.2 Å². The minimum atomic E-state index is 0.00760. The number of carbonyl (C=O) groups is 1. The molecule has 0 bridgehead atoms. The van der Waals surface area contributed by atoms with E-state index in [1.165, 1.54) is 31.3 Å². The molecular formula is C21H26O2. The van der Waals surface area contributed by atoms with E-state index < -0.39 is 0 Å². The first-order valence-electron chi connectivity index (χ1n) is 9.36. The molecule has 4 aliphatic carbocycles. The van der Waals surface area contributed by atoms with Crippen molar-refractivity contribution >= 4 is 5.78 Å². The van der Waals surface area contributed by atoms with Crippen molar-refractivity contribution in [3.05, 3.63) is 35.5 Å². The van der Waals surface area contributed by atoms with E-state index >= 15 is 0 Å². The summed E-state index contributed by atoms with van der Waals surface area (Å²) in [6, 6.07) is 0. The van der Waals surface area contributed by atoms with Crippen molar-refractivity contribution in [2.75, 3.05) is 6.61 Å². The highest BCUT2D eigenvalue weighted by Crippen LogP contribution is 2.65. The van der Waals surface area contributed by atoms with Crippen LogP contribution in [-0.2, 0) is 9.53 Å². The highest BCUT2D eigenvalue weighted by molar-refractivity contribution is 5.83. The quantitative estimate of drug-likeness (QED) is 0.621. The van der Waals surface area contributed by atoms with Gasteiger partial charge in [-0.2, -0.15) is 0 Å². The summed E-state index contributed by atoms with van der Waals surface area (Å²) in [5, 5.41) is 0. The summed E-state index contributed by atoms with van der Waals surface area (Å²) in [6.07, 6.45) is 16.9. The maximum Gasteiger partial charge on any atom is 0.137 e. The Morgan fingerprint density at radius 3 is 2.96 bits per heavy atom. The number of Topliss-reactive ketones (excluding diaryl/α,β-unsaturated/α-hetero) is 1. The summed E-state index contributed by atoms with van der Waals surface area (Å²) < 4.78 is 6.28. The summed E-state index contributed by atoms with van der Waals surface area (Å²) in [4.78, 5) is 11.8. The van der Waals surface area contributed by atoms with Gasteiger partial charge in [-0.15, -0.1) is 0 Å². The van der Waals surface area contributed by atoms with Crippen LogP contribution in [0.1, 0.15) is 51.9 Å². The lowest BCUT2D eigenvalue weighted by Gasteiger charge is -2.52. The fourth-order valence-corrected chi connectivity index (χ4v) is 6.56. The van der Waals surface area contributed by atoms with Crippen molar-refractivity contribution in [2.45, 2.75) is 57.5 Å². The normalized spacial score (nSPS) is 47.9. The highest BCUT2D eigenvalue weighted by Gasteiger charge is 2.62. The Morgan fingerprint density at radius 2 is 2.13 bits per heavy atom. The SMILES string of the molecule is C[C@]12CC[C@@H]3C4=C(C=C[C@H]3[C@@H]1CC[C@@]21C=CCO1)CC(=O)CC4. The third-order valence-corrected chi connectivity index (χ3v) is 7.78. The summed E-state index contributed by atoms with van der Waals surface area (Å²) in [6.45, 7) is 3.28. The molecule has 1 spiro atoms. The molecular weight excluding hydrogens is 284 g/mol. The first-order chi connectivity index (χ1) is 11.1. The van der Waals surface area contributed by atoms with Crippen LogP contribution in [0.15, 0.2) is 35.5 Å². The molecule has 0 amide bonds. The molecule has 2 nitrogen and oxygen atoms in total. The summed E-state index contributed by atoms with van der Waals surface area (Å²) in [5.41, 5.74) is 3.28. The van der Waals surface area contributed by atoms with E-state index in [2.05, 4.69) is 31.2 Å². The Morgan fingerprint density at radius 1 is 1.22 bits per heavy atom. The van der Waals surface area contributed by atoms with Gasteiger partial charge < -0.3 is 4.74 Å². The molecule has 5 aliphatic rings. The minimum Gasteiger partial charge on any atom is -0.366 e. The predicted molar refractivity (Wildman–Crippen MR) is 89.9 cm³/mol. The topological polar surface area (TPSA) is 26.3 Å². The molecule has 5 rings (SSSR count). The molecule has 0 aromatic carbocycles. The number of allylic oxidation sites excluding steroid dienone is 4. The third-order valence-electron chi connectivity index (χ3n) is 7.78. The van der Waals surface area contributed by atoms with Crippen molar-refractivity contribution in [3.63, 3.8) is 0 Å². The van der Waals surface area contributed by atoms with Gasteiger partial charge in [0.25, 0.3) is 0 Å². The van der Waals surface area contributed by atoms with Crippen molar-refractivity contribution in [1.82, 2.24) is 0 Å². The molecule has 23 heavy (non-hydrogen) atoms. The number of ether oxygens (including phenoxy) is 1. The molecule has 2 heteroatoms. The molecule has 0 radical (unpaired) electrons. The molecule has 2 fully saturated rings. The second-order valence-electron chi connectivity index (χ2n) is 8.51. The second-order valence-corrected chi connectivity index (χ2v) is 8.51. The smallest absolute Gasteiger partial charge is 0.137 e. The lowest BCUT2D eigenvalue weighted by atomic mass is 9.54. The predicted octanol–water partition coefficient (Wildman–Crippen LogP) is 4.37. The van der Waals surface area contributed by atoms with Crippen molar-refractivity contribution in [1.29, 1.82) is 0 Å². The zero-order valence-electron chi connectivity index (χ0n) is 14.0. The molecule has 0 aromatic heterocycles. The van der Waals surface area contributed by atoms with Crippen LogP contribution in [0.3, 0.4) is 0 Å². The first-order valence-corrected chi connectivity index (χ1v) is 9.36. The van der Waals surface area contributed by atoms with Crippen LogP contribution in [0.4, 0.5) is 0 Å². The van der Waals surface area contributed by atoms with Crippen LogP contribution in [0.25, 0.3) is 0 Å². The minimum absolute atomic E-state index is 0.00760. The summed E-state index contributed by atoms with van der Waals surface area (Å²) in [7, 11) is 0. The van der Waals surface area contributed by atoms with Gasteiger partial charge in [0.15, 0.2) is 0 Å². The number of rotatable bonds is 0. The molecule has 0 unspecified atom stereocenters. The number of hydrogen-bond donors (Lipinski definition) is 0. The monoisotopic (exact) mass is 310 g/mol. The van der Waals surface area contributed by atoms with Crippen LogP contribution in [-0.4, -0.2) is 18.0 Å². The van der Waals surface area contributed by atoms with Crippen LogP contribution >= 0.6 is 0 Å². The lowest BCUT2D eigenvalue weighted by molar-refractivity contribution is -0.118. The number of carbonyl (C=O) groups excluding carboxylic acids is 1. The molecule has 1 heterocycles. The molecule has 5 atom stereocenters. The van der Waals surface area contributed by atoms with Gasteiger partial charge in [0, 0.05) is 18.3 Å². The van der Waals surface area contributed by atoms with Gasteiger partial charge in [-0.25, -0.2) is 0 Å². The Labute approximate surface area is 138 Å². The van der Waals surface area contributed by atoms with E-state index in [1.807, 2.05) is 0 Å². The zero-order chi connectivity index (χ0) is 15.7. The van der Waals surface area contributed by atoms with Gasteiger partial charge >= 0.3 is 0 Å². The molecule has 0 aromatic rings. The Balaban J connectivity index is 1.50. The maximum absolute atomic E-state index is 11.8. The molecule has 0 N–H and O–H groups in total. The number of ketones is 1. The Kier molecular flexibility index (Phi) is 2.90. The average Bonchev–Trinajstić information content (AvgIpc) is 3.14. The van der Waals surface area contributed by atoms with E-state index in [1.54, 1.807) is 5.57 Å². The third kappa shape index (κ3) is 1.76. The van der Waals surface area contributed by atoms with Gasteiger partial charge in [0.05, 0.1) is 12.2 Å². The standard InChI is InChI=1S/C21H26O2/c1-20-10-7-17-16-6-4-15(22)13-14(16)3-5-18(17)19(20)8-11-21(20)9-2-12-23-21/h2-3,5,9,17-19H,4,6-8,10-13H2,1H3/t17-,18-,19+,20+,21+/m1/s1. The first kappa shape index (κ1) is 14.2. The summed E-state index contributed by atoms with van der Waals surface area (Å²) >= 11 is 0. The van der Waals surface area contributed by atoms with Crippen LogP contribution < -0.4 is 0 Å². The van der Waals surface area contributed by atoms with Crippen molar-refractivity contribution in [3.8, 4) is 0 Å². The Bertz CT molecular complexity index is 655. The van der Waals surface area contributed by atoms with E-state index in [0.717, 1.165) is 25.4 Å². The van der Waals surface area contributed by atoms with Gasteiger partial charge in [0.2, 0.25) is 0 Å². The van der Waals surface area contributed by atoms with Crippen LogP contribution in [0.2, 0.25) is 0 Å². The molecule has 0 saturated heterocycles. The van der Waals surface area contributed by atoms with E-state index in [-0.39, 0.29) is 11.0 Å². The number of fused-ring (bicyclic) bond motifs is 5. The van der Waals surface area contributed by atoms with Gasteiger partial charge in [-0.1, -0.05) is 36.8 Å². The highest BCUT2D eigenvalue weighted by atomic mass is 16.5. The Hall–Kier alpha value is -1.15. The zero-order valence-corrected chi connectivity index (χ0v) is 14.0. The van der Waals surface area contributed by atoms with Gasteiger partial charge in [-0.05, 0) is 55.4 Å². The average molecular weight is 310 g/mol. The summed E-state index contributed by atoms with van der Waals surface area (Å²) in [5.74, 6) is 2.52. The van der Waals surface area contributed by atoms with Crippen molar-refractivity contribution < 1.29 is 9.53 Å². The van der Waals surface area contributed by atoms with E-state index in [4.69, 9.17) is 4.74 Å². The van der Waals surface area contributed by atoms with E-state index in [9.17, 15) is 4.79 Å². The second kappa shape index (κ2) is 4.69. The molecule has 2 saturated carbocycles. The largest absolute Gasteiger partial charge is 0.366 e. The van der Waals surface area contributed by atoms with E-state index in [0.29, 0.717) is 24.0 Å². The van der Waals surface area contributed by atoms with Gasteiger partial charge in [0.1, 0.15) is 5.78 Å². The fourth-order valence-electron chi connectivity index (χ4n) is 6.56. The fraction of sp³-hybridized carbons (Fsp3) is 0.667. The van der Waals surface area contributed by atoms with Crippen LogP contribution in [0.5, 0.6) is 0 Å². The number of hydrogen-bond acceptors (Lipinski definition) is 2. The van der Waals surface area contributed by atoms with Crippen LogP contribution in [0, 0.1) is 23.2 Å².